The maximum atomic E-state index is 14.2. The molecule has 4 heterocycles. The van der Waals surface area contributed by atoms with Crippen molar-refractivity contribution >= 4 is 17.6 Å². The zero-order chi connectivity index (χ0) is 31.8. The Morgan fingerprint density at radius 2 is 1.67 bits per heavy atom. The van der Waals surface area contributed by atoms with Gasteiger partial charge in [0.1, 0.15) is 17.6 Å². The summed E-state index contributed by atoms with van der Waals surface area (Å²) in [5, 5.41) is 9.34. The topological polar surface area (TPSA) is 99.0 Å². The molecule has 2 aromatic carbocycles. The lowest BCUT2D eigenvalue weighted by Gasteiger charge is -2.43. The molecule has 240 valence electrons. The van der Waals surface area contributed by atoms with Crippen molar-refractivity contribution in [1.82, 2.24) is 14.8 Å². The average Bonchev–Trinajstić information content (AvgIpc) is 3.13. The second kappa shape index (κ2) is 14.8. The highest BCUT2D eigenvalue weighted by molar-refractivity contribution is 5.97. The van der Waals surface area contributed by atoms with E-state index >= 15 is 0 Å². The number of pyridine rings is 1. The molecule has 9 nitrogen and oxygen atoms in total. The minimum atomic E-state index is -0.121. The molecule has 0 unspecified atom stereocenters. The van der Waals surface area contributed by atoms with Gasteiger partial charge in [-0.15, -0.1) is 0 Å². The van der Waals surface area contributed by atoms with Gasteiger partial charge in [-0.2, -0.15) is 5.26 Å². The highest BCUT2D eigenvalue weighted by Crippen LogP contribution is 2.39. The van der Waals surface area contributed by atoms with Gasteiger partial charge >= 0.3 is 0 Å². The SMILES string of the molecule is N#Cc1ccc(N2CCCC3(CCN(C(=O)C4CCOCC4)CC3)COc3ccccc3C(=O)N(Cc3ccccc3)CC2)nc1. The van der Waals surface area contributed by atoms with Crippen LogP contribution in [0.2, 0.25) is 0 Å². The van der Waals surface area contributed by atoms with E-state index in [1.165, 1.54) is 0 Å². The molecule has 3 aliphatic heterocycles. The number of para-hydroxylation sites is 1. The molecule has 2 saturated heterocycles. The van der Waals surface area contributed by atoms with Crippen molar-refractivity contribution in [2.75, 3.05) is 57.4 Å². The summed E-state index contributed by atoms with van der Waals surface area (Å²) < 4.78 is 12.1. The smallest absolute Gasteiger partial charge is 0.257 e. The van der Waals surface area contributed by atoms with Gasteiger partial charge in [-0.05, 0) is 68.4 Å². The standard InChI is InChI=1S/C37H43N5O4/c38-25-30-11-12-34(39-26-30)40-18-6-15-37(16-19-41(20-17-37)35(43)31-13-23-45-24-14-31)28-46-33-10-5-4-9-32(33)36(44)42(22-21-40)27-29-7-2-1-3-8-29/h1-5,7-12,26,31H,6,13-24,27-28H2. The van der Waals surface area contributed by atoms with Gasteiger partial charge < -0.3 is 24.2 Å². The van der Waals surface area contributed by atoms with Crippen molar-refractivity contribution in [1.29, 1.82) is 5.26 Å². The van der Waals surface area contributed by atoms with Gasteiger partial charge in [0, 0.05) is 70.0 Å². The van der Waals surface area contributed by atoms with Crippen molar-refractivity contribution in [3.8, 4) is 11.8 Å². The Balaban J connectivity index is 1.27. The van der Waals surface area contributed by atoms with Crippen molar-refractivity contribution in [3.63, 3.8) is 0 Å². The lowest BCUT2D eigenvalue weighted by atomic mass is 9.75. The van der Waals surface area contributed by atoms with Gasteiger partial charge in [-0.1, -0.05) is 42.5 Å². The first-order chi connectivity index (χ1) is 22.5. The van der Waals surface area contributed by atoms with Crippen molar-refractivity contribution in [3.05, 3.63) is 89.6 Å². The van der Waals surface area contributed by atoms with Crippen LogP contribution in [-0.4, -0.2) is 79.1 Å². The molecule has 0 atom stereocenters. The predicted octanol–water partition coefficient (Wildman–Crippen LogP) is 5.31. The van der Waals surface area contributed by atoms with Crippen LogP contribution < -0.4 is 9.64 Å². The Kier molecular flexibility index (Phi) is 10.1. The molecular formula is C37H43N5O4. The molecule has 3 aliphatic rings. The second-order valence-electron chi connectivity index (χ2n) is 12.8. The molecule has 9 heteroatoms. The third-order valence-electron chi connectivity index (χ3n) is 9.84. The summed E-state index contributed by atoms with van der Waals surface area (Å²) in [4.78, 5) is 38.4. The van der Waals surface area contributed by atoms with Crippen LogP contribution in [0.4, 0.5) is 5.82 Å². The number of rotatable bonds is 4. The van der Waals surface area contributed by atoms with Crippen LogP contribution in [0.5, 0.6) is 5.75 Å². The fourth-order valence-corrected chi connectivity index (χ4v) is 6.96. The summed E-state index contributed by atoms with van der Waals surface area (Å²) in [5.74, 6) is 1.65. The summed E-state index contributed by atoms with van der Waals surface area (Å²) in [6.07, 6.45) is 6.76. The number of benzene rings is 2. The highest BCUT2D eigenvalue weighted by Gasteiger charge is 2.39. The minimum Gasteiger partial charge on any atom is -0.492 e. The van der Waals surface area contributed by atoms with E-state index in [2.05, 4.69) is 16.0 Å². The average molecular weight is 622 g/mol. The molecule has 2 fully saturated rings. The monoisotopic (exact) mass is 621 g/mol. The molecule has 1 aromatic heterocycles. The molecule has 0 aliphatic carbocycles. The Hall–Kier alpha value is -4.42. The first kappa shape index (κ1) is 31.6. The lowest BCUT2D eigenvalue weighted by Crippen LogP contribution is -2.48. The number of carbonyl (C=O) groups excluding carboxylic acids is 2. The summed E-state index contributed by atoms with van der Waals surface area (Å²) in [6, 6.07) is 23.5. The third-order valence-corrected chi connectivity index (χ3v) is 9.84. The van der Waals surface area contributed by atoms with Gasteiger partial charge in [0.25, 0.3) is 5.91 Å². The molecule has 0 saturated carbocycles. The third kappa shape index (κ3) is 7.51. The fraction of sp³-hybridized carbons (Fsp3) is 0.459. The summed E-state index contributed by atoms with van der Waals surface area (Å²) in [7, 11) is 0. The number of nitrogens with zero attached hydrogens (tertiary/aromatic N) is 5. The van der Waals surface area contributed by atoms with Crippen LogP contribution in [0.3, 0.4) is 0 Å². The maximum absolute atomic E-state index is 14.2. The van der Waals surface area contributed by atoms with Crippen LogP contribution in [0.15, 0.2) is 72.9 Å². The number of amides is 2. The van der Waals surface area contributed by atoms with Crippen molar-refractivity contribution in [2.45, 2.75) is 45.1 Å². The zero-order valence-electron chi connectivity index (χ0n) is 26.5. The van der Waals surface area contributed by atoms with Gasteiger partial charge in [-0.25, -0.2) is 4.98 Å². The number of nitriles is 1. The fourth-order valence-electron chi connectivity index (χ4n) is 6.96. The lowest BCUT2D eigenvalue weighted by molar-refractivity contribution is -0.141. The Labute approximate surface area is 271 Å². The number of carbonyl (C=O) groups is 2. The number of hydrogen-bond donors (Lipinski definition) is 0. The molecule has 0 N–H and O–H groups in total. The van der Waals surface area contributed by atoms with Crippen LogP contribution in [0.1, 0.15) is 60.0 Å². The minimum absolute atomic E-state index is 0.0595. The van der Waals surface area contributed by atoms with Gasteiger partial charge in [-0.3, -0.25) is 9.59 Å². The number of ether oxygens (including phenoxy) is 2. The van der Waals surface area contributed by atoms with Gasteiger partial charge in [0.05, 0.1) is 17.7 Å². The van der Waals surface area contributed by atoms with Gasteiger partial charge in [0.2, 0.25) is 5.91 Å². The second-order valence-corrected chi connectivity index (χ2v) is 12.8. The van der Waals surface area contributed by atoms with E-state index in [1.807, 2.05) is 70.5 Å². The molecule has 46 heavy (non-hydrogen) atoms. The van der Waals surface area contributed by atoms with E-state index in [0.717, 1.165) is 56.5 Å². The first-order valence-electron chi connectivity index (χ1n) is 16.6. The molecule has 2 amide bonds. The van der Waals surface area contributed by atoms with E-state index < -0.39 is 0 Å². The first-order valence-corrected chi connectivity index (χ1v) is 16.6. The molecule has 3 aromatic rings. The number of piperidine rings is 1. The van der Waals surface area contributed by atoms with Crippen LogP contribution in [-0.2, 0) is 16.1 Å². The largest absolute Gasteiger partial charge is 0.492 e. The Morgan fingerprint density at radius 3 is 2.41 bits per heavy atom. The molecule has 0 radical (unpaired) electrons. The maximum Gasteiger partial charge on any atom is 0.257 e. The van der Waals surface area contributed by atoms with Crippen LogP contribution in [0.25, 0.3) is 0 Å². The van der Waals surface area contributed by atoms with E-state index in [4.69, 9.17) is 9.47 Å². The predicted molar refractivity (Wildman–Crippen MR) is 175 cm³/mol. The Morgan fingerprint density at radius 1 is 0.913 bits per heavy atom. The molecule has 6 rings (SSSR count). The van der Waals surface area contributed by atoms with E-state index in [0.29, 0.717) is 69.4 Å². The van der Waals surface area contributed by atoms with Crippen LogP contribution >= 0.6 is 0 Å². The van der Waals surface area contributed by atoms with Crippen LogP contribution in [0, 0.1) is 22.7 Å². The number of hydrogen-bond acceptors (Lipinski definition) is 7. The molecule has 0 bridgehead atoms. The van der Waals surface area contributed by atoms with E-state index in [-0.39, 0.29) is 23.1 Å². The highest BCUT2D eigenvalue weighted by atomic mass is 16.5. The zero-order valence-corrected chi connectivity index (χ0v) is 26.5. The quantitative estimate of drug-likeness (QED) is 0.389. The number of likely N-dealkylation sites (tertiary alicyclic amines) is 1. The summed E-state index contributed by atoms with van der Waals surface area (Å²) in [6.45, 7) is 5.57. The molecule has 1 spiro atoms. The normalized spacial score (nSPS) is 19.6. The van der Waals surface area contributed by atoms with E-state index in [9.17, 15) is 14.9 Å². The number of aromatic nitrogens is 1. The number of anilines is 1. The van der Waals surface area contributed by atoms with Gasteiger partial charge in [0.15, 0.2) is 0 Å². The van der Waals surface area contributed by atoms with Crippen molar-refractivity contribution in [2.24, 2.45) is 11.3 Å². The summed E-state index contributed by atoms with van der Waals surface area (Å²) in [5.41, 5.74) is 2.01. The van der Waals surface area contributed by atoms with Crippen molar-refractivity contribution < 1.29 is 19.1 Å². The Bertz CT molecular complexity index is 1510. The van der Waals surface area contributed by atoms with E-state index in [1.54, 1.807) is 12.3 Å². The molecular weight excluding hydrogens is 578 g/mol. The summed E-state index contributed by atoms with van der Waals surface area (Å²) >= 11 is 0. The number of fused-ring (bicyclic) bond motifs is 1.